The number of nitriles is 1. The quantitative estimate of drug-likeness (QED) is 0.395. The number of hydrogen-bond donors (Lipinski definition) is 1. The van der Waals surface area contributed by atoms with Crippen LogP contribution in [-0.4, -0.2) is 76.8 Å². The van der Waals surface area contributed by atoms with Gasteiger partial charge in [-0.05, 0) is 103 Å². The van der Waals surface area contributed by atoms with Crippen LogP contribution < -0.4 is 5.73 Å². The van der Waals surface area contributed by atoms with Crippen LogP contribution in [0.15, 0.2) is 36.4 Å². The molecule has 2 N–H and O–H groups in total. The van der Waals surface area contributed by atoms with Gasteiger partial charge in [0.2, 0.25) is 5.91 Å². The summed E-state index contributed by atoms with van der Waals surface area (Å²) in [6, 6.07) is 12.7. The number of nitrogens with zero attached hydrogens (tertiary/aromatic N) is 3. The largest absolute Gasteiger partial charge is 0.444 e. The minimum atomic E-state index is -0.540. The molecule has 2 spiro atoms. The van der Waals surface area contributed by atoms with Crippen LogP contribution in [0, 0.1) is 22.2 Å². The molecule has 0 unspecified atom stereocenters. The average Bonchev–Trinajstić information content (AvgIpc) is 3.46. The molecule has 11 nitrogen and oxygen atoms in total. The van der Waals surface area contributed by atoms with Crippen LogP contribution in [0.3, 0.4) is 0 Å². The van der Waals surface area contributed by atoms with Crippen LogP contribution in [0.1, 0.15) is 115 Å². The Kier molecular flexibility index (Phi) is 9.41. The minimum absolute atomic E-state index is 0.0643. The molecule has 0 saturated carbocycles. The summed E-state index contributed by atoms with van der Waals surface area (Å²) in [4.78, 5) is 65.3. The van der Waals surface area contributed by atoms with Crippen LogP contribution in [0.2, 0.25) is 0 Å². The van der Waals surface area contributed by atoms with Crippen LogP contribution >= 0.6 is 0 Å². The standard InChI is InChI=1S/C19H24N2O4.C19H22N2O3/c1-18(2,3)25-17(24)21-9-7-19(8-10-21)11-14-12(15(19)22)5-4-6-13(14)16(20)23;1-18(2,3)24-17(23)21-9-7-19(8-10-21)11-15-13(12-20)5-4-6-14(15)16(19)22/h4-6H,7-11H2,1-3H3,(H2,20,23);4-6H,7-11H2,1-3H3. The van der Waals surface area contributed by atoms with E-state index in [1.807, 2.05) is 47.6 Å². The zero-order chi connectivity index (χ0) is 35.9. The van der Waals surface area contributed by atoms with Gasteiger partial charge in [0.05, 0.1) is 11.6 Å². The summed E-state index contributed by atoms with van der Waals surface area (Å²) >= 11 is 0. The van der Waals surface area contributed by atoms with Gasteiger partial charge in [-0.2, -0.15) is 5.26 Å². The smallest absolute Gasteiger partial charge is 0.410 e. The third kappa shape index (κ3) is 7.19. The molecule has 2 aliphatic heterocycles. The van der Waals surface area contributed by atoms with Crippen LogP contribution in [0.4, 0.5) is 9.59 Å². The fourth-order valence-electron chi connectivity index (χ4n) is 7.42. The first-order valence-electron chi connectivity index (χ1n) is 16.9. The van der Waals surface area contributed by atoms with Crippen molar-refractivity contribution in [1.82, 2.24) is 9.80 Å². The number of Topliss-reactive ketones (excluding diaryl/α,β-unsaturated/α-hetero) is 2. The molecule has 2 heterocycles. The number of likely N-dealkylation sites (tertiary alicyclic amines) is 2. The second-order valence-electron chi connectivity index (χ2n) is 15.6. The molecule has 3 amide bonds. The lowest BCUT2D eigenvalue weighted by atomic mass is 9.75. The maximum Gasteiger partial charge on any atom is 0.410 e. The molecule has 4 aliphatic rings. The predicted octanol–water partition coefficient (Wildman–Crippen LogP) is 5.86. The highest BCUT2D eigenvalue weighted by Gasteiger charge is 2.50. The number of nitrogens with two attached hydrogens (primary N) is 1. The van der Waals surface area contributed by atoms with Gasteiger partial charge in [-0.3, -0.25) is 14.4 Å². The van der Waals surface area contributed by atoms with Crippen LogP contribution in [-0.2, 0) is 22.3 Å². The van der Waals surface area contributed by atoms with Gasteiger partial charge < -0.3 is 25.0 Å². The molecule has 2 aliphatic carbocycles. The van der Waals surface area contributed by atoms with E-state index in [9.17, 15) is 29.2 Å². The summed E-state index contributed by atoms with van der Waals surface area (Å²) in [6.45, 7) is 13.0. The van der Waals surface area contributed by atoms with Crippen molar-refractivity contribution in [3.05, 3.63) is 69.8 Å². The molecule has 0 atom stereocenters. The molecular formula is C38H46N4O7. The summed E-state index contributed by atoms with van der Waals surface area (Å²) in [7, 11) is 0. The number of primary amides is 1. The van der Waals surface area contributed by atoms with Gasteiger partial charge in [-0.1, -0.05) is 24.3 Å². The van der Waals surface area contributed by atoms with Gasteiger partial charge in [0.1, 0.15) is 11.2 Å². The van der Waals surface area contributed by atoms with Gasteiger partial charge >= 0.3 is 12.2 Å². The molecule has 49 heavy (non-hydrogen) atoms. The molecule has 6 rings (SSSR count). The van der Waals surface area contributed by atoms with Crippen molar-refractivity contribution in [2.45, 2.75) is 91.3 Å². The van der Waals surface area contributed by atoms with E-state index in [2.05, 4.69) is 6.07 Å². The minimum Gasteiger partial charge on any atom is -0.444 e. The van der Waals surface area contributed by atoms with E-state index in [1.54, 1.807) is 40.1 Å². The summed E-state index contributed by atoms with van der Waals surface area (Å²) < 4.78 is 10.8. The van der Waals surface area contributed by atoms with Crippen molar-refractivity contribution in [3.63, 3.8) is 0 Å². The number of hydrogen-bond acceptors (Lipinski definition) is 8. The Morgan fingerprint density at radius 1 is 0.714 bits per heavy atom. The number of amides is 3. The normalized spacial score (nSPS) is 19.0. The Hall–Kier alpha value is -4.72. The Balaban J connectivity index is 0.000000191. The lowest BCUT2D eigenvalue weighted by molar-refractivity contribution is 0.0107. The van der Waals surface area contributed by atoms with Crippen LogP contribution in [0.5, 0.6) is 0 Å². The zero-order valence-electron chi connectivity index (χ0n) is 29.3. The summed E-state index contributed by atoms with van der Waals surface area (Å²) in [5, 5.41) is 9.27. The number of ether oxygens (including phenoxy) is 2. The number of rotatable bonds is 1. The van der Waals surface area contributed by atoms with Gasteiger partial charge in [0.15, 0.2) is 11.6 Å². The molecule has 2 saturated heterocycles. The fourth-order valence-corrected chi connectivity index (χ4v) is 7.42. The lowest BCUT2D eigenvalue weighted by Crippen LogP contribution is -2.47. The van der Waals surface area contributed by atoms with E-state index in [0.717, 1.165) is 11.1 Å². The number of benzene rings is 2. The van der Waals surface area contributed by atoms with Crippen molar-refractivity contribution >= 4 is 29.7 Å². The van der Waals surface area contributed by atoms with Crippen molar-refractivity contribution in [2.75, 3.05) is 26.2 Å². The number of carbonyl (C=O) groups is 5. The Morgan fingerprint density at radius 3 is 1.53 bits per heavy atom. The summed E-state index contributed by atoms with van der Waals surface area (Å²) in [5.41, 5.74) is 7.32. The van der Waals surface area contributed by atoms with E-state index in [4.69, 9.17) is 15.2 Å². The summed E-state index contributed by atoms with van der Waals surface area (Å²) in [5.74, 6) is -0.319. The second-order valence-corrected chi connectivity index (χ2v) is 15.6. The van der Waals surface area contributed by atoms with Crippen molar-refractivity contribution in [2.24, 2.45) is 16.6 Å². The monoisotopic (exact) mass is 670 g/mol. The van der Waals surface area contributed by atoms with Crippen LogP contribution in [0.25, 0.3) is 0 Å². The summed E-state index contributed by atoms with van der Waals surface area (Å²) in [6.07, 6.45) is 2.82. The molecule has 11 heteroatoms. The van der Waals surface area contributed by atoms with E-state index in [-0.39, 0.29) is 23.8 Å². The Morgan fingerprint density at radius 2 is 1.12 bits per heavy atom. The van der Waals surface area contributed by atoms with E-state index >= 15 is 0 Å². The molecule has 2 aromatic rings. The fraction of sp³-hybridized carbons (Fsp3) is 0.526. The number of piperidine rings is 2. The SMILES string of the molecule is CC(C)(C)OC(=O)N1CCC2(CC1)Cc1c(C#N)cccc1C2=O.CC(C)(C)OC(=O)N1CCC2(CC1)Cc1c(C(N)=O)cccc1C2=O. The molecule has 0 bridgehead atoms. The van der Waals surface area contributed by atoms with E-state index in [1.165, 1.54) is 0 Å². The zero-order valence-corrected chi connectivity index (χ0v) is 29.3. The molecule has 260 valence electrons. The van der Waals surface area contributed by atoms with Gasteiger partial charge in [0, 0.05) is 53.7 Å². The molecule has 0 aromatic heterocycles. The highest BCUT2D eigenvalue weighted by atomic mass is 16.6. The molecule has 0 radical (unpaired) electrons. The molecular weight excluding hydrogens is 624 g/mol. The average molecular weight is 671 g/mol. The van der Waals surface area contributed by atoms with E-state index in [0.29, 0.717) is 87.0 Å². The Bertz CT molecular complexity index is 1730. The maximum absolute atomic E-state index is 13.0. The van der Waals surface area contributed by atoms with Crippen molar-refractivity contribution < 1.29 is 33.4 Å². The lowest BCUT2D eigenvalue weighted by Gasteiger charge is -2.38. The third-order valence-corrected chi connectivity index (χ3v) is 9.97. The Labute approximate surface area is 287 Å². The number of ketones is 2. The highest BCUT2D eigenvalue weighted by molar-refractivity contribution is 6.08. The van der Waals surface area contributed by atoms with Crippen molar-refractivity contribution in [1.29, 1.82) is 5.26 Å². The van der Waals surface area contributed by atoms with Gasteiger partial charge in [-0.25, -0.2) is 9.59 Å². The van der Waals surface area contributed by atoms with Crippen molar-refractivity contribution in [3.8, 4) is 6.07 Å². The first kappa shape index (κ1) is 35.6. The first-order chi connectivity index (χ1) is 22.9. The van der Waals surface area contributed by atoms with Gasteiger partial charge in [0.25, 0.3) is 0 Å². The second kappa shape index (κ2) is 13.0. The molecule has 2 aromatic carbocycles. The van der Waals surface area contributed by atoms with E-state index < -0.39 is 27.9 Å². The third-order valence-electron chi connectivity index (χ3n) is 9.97. The first-order valence-corrected chi connectivity index (χ1v) is 16.9. The maximum atomic E-state index is 13.0. The van der Waals surface area contributed by atoms with Gasteiger partial charge in [-0.15, -0.1) is 0 Å². The number of fused-ring (bicyclic) bond motifs is 2. The topological polar surface area (TPSA) is 160 Å². The highest BCUT2D eigenvalue weighted by Crippen LogP contribution is 2.47. The number of carbonyl (C=O) groups excluding carboxylic acids is 5. The molecule has 2 fully saturated rings. The predicted molar refractivity (Wildman–Crippen MR) is 181 cm³/mol.